The molecule has 0 amide bonds. The Bertz CT molecular complexity index is 403. The van der Waals surface area contributed by atoms with Crippen molar-refractivity contribution < 1.29 is 19.1 Å². The summed E-state index contributed by atoms with van der Waals surface area (Å²) in [5, 5.41) is 9.04. The molecule has 0 aromatic carbocycles. The number of hydrogen-bond acceptors (Lipinski definition) is 3. The van der Waals surface area contributed by atoms with E-state index in [1.807, 2.05) is 0 Å². The first-order chi connectivity index (χ1) is 10.6. The Morgan fingerprint density at radius 3 is 1.83 bits per heavy atom. The summed E-state index contributed by atoms with van der Waals surface area (Å²) < 4.78 is 6.08. The fourth-order valence-corrected chi connectivity index (χ4v) is 8.69. The lowest BCUT2D eigenvalue weighted by molar-refractivity contribution is -0.134. The minimum absolute atomic E-state index is 0.285. The van der Waals surface area contributed by atoms with Gasteiger partial charge in [-0.05, 0) is 29.5 Å². The zero-order valence-corrected chi connectivity index (χ0v) is 16.8. The third-order valence-corrected chi connectivity index (χ3v) is 10.5. The summed E-state index contributed by atoms with van der Waals surface area (Å²) in [7, 11) is -2.34. The van der Waals surface area contributed by atoms with E-state index in [-0.39, 0.29) is 16.6 Å². The molecule has 4 nitrogen and oxygen atoms in total. The van der Waals surface area contributed by atoms with Gasteiger partial charge in [0.25, 0.3) is 8.32 Å². The normalized spacial score (nSPS) is 13.0. The van der Waals surface area contributed by atoms with Crippen LogP contribution in [0, 0.1) is 0 Å². The van der Waals surface area contributed by atoms with E-state index in [4.69, 9.17) is 9.53 Å². The Balaban J connectivity index is 5.44. The highest BCUT2D eigenvalue weighted by molar-refractivity contribution is 6.79. The van der Waals surface area contributed by atoms with Crippen LogP contribution in [0.15, 0.2) is 11.6 Å². The van der Waals surface area contributed by atoms with E-state index in [0.29, 0.717) is 12.0 Å². The number of aliphatic carboxylic acids is 1. The van der Waals surface area contributed by atoms with Crippen LogP contribution in [0.25, 0.3) is 0 Å². The molecule has 0 aliphatic heterocycles. The quantitative estimate of drug-likeness (QED) is 0.332. The number of unbranched alkanes of at least 4 members (excludes halogenated alkanes) is 2. The van der Waals surface area contributed by atoms with E-state index in [0.717, 1.165) is 25.3 Å². The van der Waals surface area contributed by atoms with Crippen molar-refractivity contribution in [3.63, 3.8) is 0 Å². The molecule has 0 bridgehead atoms. The molecular formula is C18H34O4Si. The van der Waals surface area contributed by atoms with E-state index in [9.17, 15) is 9.59 Å². The Morgan fingerprint density at radius 2 is 1.48 bits per heavy atom. The van der Waals surface area contributed by atoms with Gasteiger partial charge in [0, 0.05) is 11.6 Å². The first-order valence-electron chi connectivity index (χ1n) is 8.76. The SMILES string of the molecule is CCCCC/C(=C/C(=O)O)C(=O)O[Si](C(C)C)(C(C)C)C(C)C. The van der Waals surface area contributed by atoms with Gasteiger partial charge in [-0.2, -0.15) is 0 Å². The molecule has 5 heteroatoms. The van der Waals surface area contributed by atoms with Gasteiger partial charge in [-0.1, -0.05) is 61.3 Å². The molecule has 134 valence electrons. The lowest BCUT2D eigenvalue weighted by Gasteiger charge is -2.41. The minimum atomic E-state index is -2.34. The van der Waals surface area contributed by atoms with Crippen LogP contribution in [0.1, 0.15) is 74.1 Å². The Labute approximate surface area is 142 Å². The van der Waals surface area contributed by atoms with Crippen LogP contribution in [0.3, 0.4) is 0 Å². The van der Waals surface area contributed by atoms with E-state index in [2.05, 4.69) is 48.5 Å². The number of carbonyl (C=O) groups excluding carboxylic acids is 1. The van der Waals surface area contributed by atoms with Gasteiger partial charge in [-0.3, -0.25) is 0 Å². The lowest BCUT2D eigenvalue weighted by Crippen LogP contribution is -2.49. The average Bonchev–Trinajstić information content (AvgIpc) is 2.41. The molecule has 0 atom stereocenters. The zero-order chi connectivity index (χ0) is 18.2. The smallest absolute Gasteiger partial charge is 0.328 e. The van der Waals surface area contributed by atoms with Crippen molar-refractivity contribution in [2.75, 3.05) is 0 Å². The molecule has 0 unspecified atom stereocenters. The average molecular weight is 343 g/mol. The van der Waals surface area contributed by atoms with Crippen LogP contribution in [0.4, 0.5) is 0 Å². The van der Waals surface area contributed by atoms with Crippen molar-refractivity contribution in [3.05, 3.63) is 11.6 Å². The molecule has 0 heterocycles. The van der Waals surface area contributed by atoms with Crippen LogP contribution < -0.4 is 0 Å². The number of carboxylic acid groups (broad SMARTS) is 1. The minimum Gasteiger partial charge on any atom is -0.515 e. The summed E-state index contributed by atoms with van der Waals surface area (Å²) in [6, 6.07) is 0. The van der Waals surface area contributed by atoms with Crippen molar-refractivity contribution in [1.29, 1.82) is 0 Å². The number of carboxylic acids is 1. The Hall–Kier alpha value is -1.10. The molecule has 0 fully saturated rings. The van der Waals surface area contributed by atoms with Gasteiger partial charge in [0.05, 0.1) is 0 Å². The zero-order valence-electron chi connectivity index (χ0n) is 15.8. The maximum atomic E-state index is 12.7. The van der Waals surface area contributed by atoms with Crippen molar-refractivity contribution in [3.8, 4) is 0 Å². The summed E-state index contributed by atoms with van der Waals surface area (Å²) in [6.45, 7) is 14.7. The highest BCUT2D eigenvalue weighted by atomic mass is 28.4. The van der Waals surface area contributed by atoms with Gasteiger partial charge in [0.1, 0.15) is 0 Å². The molecule has 0 aromatic heterocycles. The Kier molecular flexibility index (Phi) is 9.43. The predicted molar refractivity (Wildman–Crippen MR) is 97.0 cm³/mol. The molecular weight excluding hydrogens is 308 g/mol. The number of rotatable bonds is 10. The van der Waals surface area contributed by atoms with Gasteiger partial charge < -0.3 is 9.53 Å². The highest BCUT2D eigenvalue weighted by Crippen LogP contribution is 2.42. The molecule has 1 N–H and O–H groups in total. The van der Waals surface area contributed by atoms with E-state index < -0.39 is 20.3 Å². The molecule has 0 aliphatic rings. The van der Waals surface area contributed by atoms with Gasteiger partial charge in [-0.15, -0.1) is 0 Å². The van der Waals surface area contributed by atoms with Crippen LogP contribution >= 0.6 is 0 Å². The maximum Gasteiger partial charge on any atom is 0.328 e. The highest BCUT2D eigenvalue weighted by Gasteiger charge is 2.48. The molecule has 0 saturated heterocycles. The van der Waals surface area contributed by atoms with Crippen LogP contribution in [-0.2, 0) is 14.0 Å². The fourth-order valence-electron chi connectivity index (χ4n) is 3.53. The summed E-state index contributed by atoms with van der Waals surface area (Å²) in [6.07, 6.45) is 4.31. The standard InChI is InChI=1S/C18H34O4Si/c1-8-9-10-11-16(12-17(19)20)18(21)22-23(13(2)3,14(4)5)15(6)7/h12-15H,8-11H2,1-7H3,(H,19,20)/b16-12-. The van der Waals surface area contributed by atoms with E-state index >= 15 is 0 Å². The first-order valence-corrected chi connectivity index (χ1v) is 10.9. The maximum absolute atomic E-state index is 12.7. The second-order valence-electron chi connectivity index (χ2n) is 7.17. The molecule has 0 aliphatic carbocycles. The second-order valence-corrected chi connectivity index (χ2v) is 12.5. The molecule has 0 saturated carbocycles. The summed E-state index contributed by atoms with van der Waals surface area (Å²) in [4.78, 5) is 23.7. The van der Waals surface area contributed by atoms with Gasteiger partial charge in [0.15, 0.2) is 0 Å². The molecule has 23 heavy (non-hydrogen) atoms. The summed E-state index contributed by atoms with van der Waals surface area (Å²) >= 11 is 0. The first kappa shape index (κ1) is 21.9. The van der Waals surface area contributed by atoms with Crippen LogP contribution in [-0.4, -0.2) is 25.4 Å². The van der Waals surface area contributed by atoms with Gasteiger partial charge in [-0.25, -0.2) is 9.59 Å². The second kappa shape index (κ2) is 9.91. The monoisotopic (exact) mass is 342 g/mol. The third kappa shape index (κ3) is 6.13. The van der Waals surface area contributed by atoms with E-state index in [1.165, 1.54) is 0 Å². The van der Waals surface area contributed by atoms with E-state index in [1.54, 1.807) is 0 Å². The third-order valence-electron chi connectivity index (χ3n) is 4.59. The lowest BCUT2D eigenvalue weighted by atomic mass is 10.1. The predicted octanol–water partition coefficient (Wildman–Crippen LogP) is 5.30. The van der Waals surface area contributed by atoms with Gasteiger partial charge in [0.2, 0.25) is 0 Å². The summed E-state index contributed by atoms with van der Waals surface area (Å²) in [5.74, 6) is -1.51. The van der Waals surface area contributed by atoms with Crippen molar-refractivity contribution in [2.24, 2.45) is 0 Å². The van der Waals surface area contributed by atoms with Crippen molar-refractivity contribution in [1.82, 2.24) is 0 Å². The molecule has 0 aromatic rings. The van der Waals surface area contributed by atoms with Crippen LogP contribution in [0.5, 0.6) is 0 Å². The van der Waals surface area contributed by atoms with Gasteiger partial charge >= 0.3 is 11.9 Å². The summed E-state index contributed by atoms with van der Waals surface area (Å²) in [5.41, 5.74) is 1.15. The fraction of sp³-hybridized carbons (Fsp3) is 0.778. The van der Waals surface area contributed by atoms with Crippen molar-refractivity contribution in [2.45, 2.75) is 90.8 Å². The molecule has 0 rings (SSSR count). The molecule has 0 spiro atoms. The topological polar surface area (TPSA) is 63.6 Å². The Morgan fingerprint density at radius 1 is 1.00 bits per heavy atom. The largest absolute Gasteiger partial charge is 0.515 e. The van der Waals surface area contributed by atoms with Crippen molar-refractivity contribution >= 4 is 20.3 Å². The number of carbonyl (C=O) groups is 2. The van der Waals surface area contributed by atoms with Crippen LogP contribution in [0.2, 0.25) is 16.6 Å². The molecule has 0 radical (unpaired) electrons. The number of hydrogen-bond donors (Lipinski definition) is 1.